The van der Waals surface area contributed by atoms with E-state index in [1.807, 2.05) is 0 Å². The third-order valence-corrected chi connectivity index (χ3v) is 8.04. The average Bonchev–Trinajstić information content (AvgIpc) is 2.79. The smallest absolute Gasteiger partial charge is 0.197 e. The van der Waals surface area contributed by atoms with Gasteiger partial charge in [0, 0.05) is 6.42 Å². The lowest BCUT2D eigenvalue weighted by atomic mass is 9.47. The molecule has 122 valence electrons. The van der Waals surface area contributed by atoms with Gasteiger partial charge in [-0.25, -0.2) is 0 Å². The molecular formula is C19H28O3. The van der Waals surface area contributed by atoms with Crippen molar-refractivity contribution in [1.82, 2.24) is 0 Å². The molecule has 0 amide bonds. The van der Waals surface area contributed by atoms with Crippen LogP contribution in [0, 0.1) is 28.6 Å². The summed E-state index contributed by atoms with van der Waals surface area (Å²) in [4.78, 5) is 11.9. The Labute approximate surface area is 132 Å². The van der Waals surface area contributed by atoms with Crippen molar-refractivity contribution >= 4 is 5.78 Å². The molecule has 4 aliphatic carbocycles. The fourth-order valence-electron chi connectivity index (χ4n) is 6.66. The van der Waals surface area contributed by atoms with Crippen LogP contribution in [-0.4, -0.2) is 22.1 Å². The Morgan fingerprint density at radius 3 is 2.55 bits per heavy atom. The first-order valence-electron chi connectivity index (χ1n) is 9.02. The van der Waals surface area contributed by atoms with Gasteiger partial charge in [0.15, 0.2) is 11.5 Å². The highest BCUT2D eigenvalue weighted by Gasteiger charge is 2.59. The number of carbonyl (C=O) groups excluding carboxylic acids is 1. The zero-order valence-electron chi connectivity index (χ0n) is 13.8. The molecule has 0 spiro atoms. The van der Waals surface area contributed by atoms with E-state index in [2.05, 4.69) is 13.8 Å². The van der Waals surface area contributed by atoms with E-state index in [1.54, 1.807) is 0 Å². The Balaban J connectivity index is 1.72. The highest BCUT2D eigenvalue weighted by molar-refractivity contribution is 5.95. The summed E-state index contributed by atoms with van der Waals surface area (Å²) in [7, 11) is 0. The fraction of sp³-hybridized carbons (Fsp3) is 0.842. The maximum absolute atomic E-state index is 11.9. The maximum Gasteiger partial charge on any atom is 0.197 e. The van der Waals surface area contributed by atoms with E-state index in [0.29, 0.717) is 24.2 Å². The van der Waals surface area contributed by atoms with E-state index in [9.17, 15) is 15.0 Å². The number of aliphatic hydroxyl groups excluding tert-OH is 2. The lowest BCUT2D eigenvalue weighted by Crippen LogP contribution is -2.51. The SMILES string of the molecule is C[C@@]12CC[C@@H]3[C@H](CCC4=C(O)C(=O)CC[C@]43C)[C@H]1CC[C@H]2O. The summed E-state index contributed by atoms with van der Waals surface area (Å²) in [6.45, 7) is 4.58. The molecule has 0 aromatic carbocycles. The molecule has 4 aliphatic rings. The molecule has 0 aromatic heterocycles. The van der Waals surface area contributed by atoms with Gasteiger partial charge in [0.05, 0.1) is 6.10 Å². The fourth-order valence-corrected chi connectivity index (χ4v) is 6.66. The van der Waals surface area contributed by atoms with E-state index in [0.717, 1.165) is 50.5 Å². The number of Topliss-reactive ketones (excluding diaryl/α,β-unsaturated/α-hetero) is 1. The molecule has 0 saturated heterocycles. The van der Waals surface area contributed by atoms with Crippen LogP contribution in [0.25, 0.3) is 0 Å². The van der Waals surface area contributed by atoms with Crippen molar-refractivity contribution in [2.45, 2.75) is 71.3 Å². The summed E-state index contributed by atoms with van der Waals surface area (Å²) in [6.07, 6.45) is 7.56. The van der Waals surface area contributed by atoms with Crippen molar-refractivity contribution in [3.8, 4) is 0 Å². The van der Waals surface area contributed by atoms with Crippen molar-refractivity contribution in [3.05, 3.63) is 11.3 Å². The lowest BCUT2D eigenvalue weighted by molar-refractivity contribution is -0.122. The molecule has 3 nitrogen and oxygen atoms in total. The van der Waals surface area contributed by atoms with Gasteiger partial charge in [-0.05, 0) is 79.1 Å². The van der Waals surface area contributed by atoms with Crippen LogP contribution in [0.2, 0.25) is 0 Å². The van der Waals surface area contributed by atoms with Crippen LogP contribution in [0.5, 0.6) is 0 Å². The van der Waals surface area contributed by atoms with Crippen molar-refractivity contribution in [1.29, 1.82) is 0 Å². The number of carbonyl (C=O) groups is 1. The molecule has 0 aromatic rings. The Bertz CT molecular complexity index is 551. The van der Waals surface area contributed by atoms with Gasteiger partial charge in [-0.2, -0.15) is 0 Å². The molecule has 4 rings (SSSR count). The summed E-state index contributed by atoms with van der Waals surface area (Å²) in [5, 5.41) is 20.8. The topological polar surface area (TPSA) is 57.5 Å². The molecule has 3 saturated carbocycles. The number of allylic oxidation sites excluding steroid dienone is 1. The molecule has 0 radical (unpaired) electrons. The highest BCUT2D eigenvalue weighted by atomic mass is 16.3. The van der Waals surface area contributed by atoms with Gasteiger partial charge < -0.3 is 10.2 Å². The van der Waals surface area contributed by atoms with Crippen LogP contribution in [-0.2, 0) is 4.79 Å². The minimum absolute atomic E-state index is 0.00970. The first kappa shape index (κ1) is 14.7. The van der Waals surface area contributed by atoms with Crippen molar-refractivity contribution in [2.24, 2.45) is 28.6 Å². The van der Waals surface area contributed by atoms with E-state index in [1.165, 1.54) is 0 Å². The summed E-state index contributed by atoms with van der Waals surface area (Å²) >= 11 is 0. The number of hydrogen-bond donors (Lipinski definition) is 2. The number of fused-ring (bicyclic) bond motifs is 5. The van der Waals surface area contributed by atoms with Crippen LogP contribution in [0.1, 0.15) is 65.2 Å². The maximum atomic E-state index is 11.9. The molecule has 0 bridgehead atoms. The molecule has 0 unspecified atom stereocenters. The van der Waals surface area contributed by atoms with Crippen molar-refractivity contribution < 1.29 is 15.0 Å². The van der Waals surface area contributed by atoms with E-state index < -0.39 is 0 Å². The molecule has 2 N–H and O–H groups in total. The summed E-state index contributed by atoms with van der Waals surface area (Å²) in [5.74, 6) is 1.90. The Kier molecular flexibility index (Phi) is 3.08. The van der Waals surface area contributed by atoms with Crippen molar-refractivity contribution in [3.63, 3.8) is 0 Å². The van der Waals surface area contributed by atoms with E-state index in [4.69, 9.17) is 0 Å². The summed E-state index contributed by atoms with van der Waals surface area (Å²) in [6, 6.07) is 0. The Morgan fingerprint density at radius 1 is 1.00 bits per heavy atom. The minimum atomic E-state index is -0.135. The predicted octanol–water partition coefficient (Wildman–Crippen LogP) is 3.76. The Morgan fingerprint density at radius 2 is 1.77 bits per heavy atom. The zero-order valence-corrected chi connectivity index (χ0v) is 13.8. The van der Waals surface area contributed by atoms with Crippen LogP contribution < -0.4 is 0 Å². The molecule has 22 heavy (non-hydrogen) atoms. The predicted molar refractivity (Wildman–Crippen MR) is 84.3 cm³/mol. The molecule has 3 heteroatoms. The number of ketones is 1. The molecule has 0 aliphatic heterocycles. The second kappa shape index (κ2) is 4.59. The van der Waals surface area contributed by atoms with Crippen LogP contribution in [0.3, 0.4) is 0 Å². The number of hydrogen-bond acceptors (Lipinski definition) is 3. The van der Waals surface area contributed by atoms with Crippen LogP contribution >= 0.6 is 0 Å². The van der Waals surface area contributed by atoms with E-state index in [-0.39, 0.29) is 28.5 Å². The average molecular weight is 304 g/mol. The minimum Gasteiger partial charge on any atom is -0.504 e. The quantitative estimate of drug-likeness (QED) is 0.716. The molecule has 6 atom stereocenters. The molecular weight excluding hydrogens is 276 g/mol. The second-order valence-corrected chi connectivity index (χ2v) is 8.72. The highest BCUT2D eigenvalue weighted by Crippen LogP contribution is 2.65. The first-order chi connectivity index (χ1) is 10.4. The monoisotopic (exact) mass is 304 g/mol. The number of aliphatic hydroxyl groups is 2. The third-order valence-electron chi connectivity index (χ3n) is 8.04. The van der Waals surface area contributed by atoms with Gasteiger partial charge in [-0.15, -0.1) is 0 Å². The largest absolute Gasteiger partial charge is 0.504 e. The van der Waals surface area contributed by atoms with Gasteiger partial charge in [-0.3, -0.25) is 4.79 Å². The van der Waals surface area contributed by atoms with Gasteiger partial charge in [-0.1, -0.05) is 13.8 Å². The van der Waals surface area contributed by atoms with Gasteiger partial charge in [0.2, 0.25) is 0 Å². The number of rotatable bonds is 0. The van der Waals surface area contributed by atoms with E-state index >= 15 is 0 Å². The Hall–Kier alpha value is -0.830. The summed E-state index contributed by atoms with van der Waals surface area (Å²) in [5.41, 5.74) is 1.16. The lowest BCUT2D eigenvalue weighted by Gasteiger charge is -2.57. The normalized spacial score (nSPS) is 51.3. The van der Waals surface area contributed by atoms with Crippen molar-refractivity contribution in [2.75, 3.05) is 0 Å². The second-order valence-electron chi connectivity index (χ2n) is 8.72. The first-order valence-corrected chi connectivity index (χ1v) is 9.02. The molecule has 3 fully saturated rings. The standard InChI is InChI=1S/C19H28O3/c1-18-10-8-15(20)17(22)14(18)4-3-11-12-5-6-16(21)19(12,2)9-7-13(11)18/h11-13,16,21-22H,3-10H2,1-2H3/t11-,12-,13-,16-,18+,19-/m1/s1. The molecule has 0 heterocycles. The zero-order chi connectivity index (χ0) is 15.7. The van der Waals surface area contributed by atoms with Gasteiger partial charge >= 0.3 is 0 Å². The van der Waals surface area contributed by atoms with Crippen LogP contribution in [0.15, 0.2) is 11.3 Å². The van der Waals surface area contributed by atoms with Gasteiger partial charge in [0.25, 0.3) is 0 Å². The van der Waals surface area contributed by atoms with Gasteiger partial charge in [0.1, 0.15) is 0 Å². The van der Waals surface area contributed by atoms with Crippen LogP contribution in [0.4, 0.5) is 0 Å². The third kappa shape index (κ3) is 1.69. The summed E-state index contributed by atoms with van der Waals surface area (Å²) < 4.78 is 0.